The third kappa shape index (κ3) is 3.77. The molecule has 0 spiro atoms. The minimum atomic E-state index is -0.313. The molecular formula is C14H15ClN2O2S. The lowest BCUT2D eigenvalue weighted by atomic mass is 10.3. The molecular weight excluding hydrogens is 296 g/mol. The van der Waals surface area contributed by atoms with Gasteiger partial charge < -0.3 is 9.73 Å². The molecule has 1 atom stereocenters. The van der Waals surface area contributed by atoms with Crippen LogP contribution >= 0.6 is 23.4 Å². The molecule has 0 aliphatic carbocycles. The van der Waals surface area contributed by atoms with E-state index < -0.39 is 0 Å². The van der Waals surface area contributed by atoms with Crippen LogP contribution in [-0.2, 0) is 4.79 Å². The van der Waals surface area contributed by atoms with E-state index in [0.717, 1.165) is 11.5 Å². The molecule has 1 aromatic heterocycles. The Morgan fingerprint density at radius 1 is 1.45 bits per heavy atom. The van der Waals surface area contributed by atoms with Crippen molar-refractivity contribution in [1.82, 2.24) is 4.98 Å². The minimum Gasteiger partial charge on any atom is -0.437 e. The molecule has 20 heavy (non-hydrogen) atoms. The smallest absolute Gasteiger partial charge is 0.256 e. The number of hydrogen-bond acceptors (Lipinski definition) is 4. The molecule has 2 rings (SSSR count). The van der Waals surface area contributed by atoms with Crippen molar-refractivity contribution >= 4 is 35.0 Å². The molecule has 0 fully saturated rings. The van der Waals surface area contributed by atoms with E-state index in [1.165, 1.54) is 11.8 Å². The predicted octanol–water partition coefficient (Wildman–Crippen LogP) is 4.06. The molecule has 1 N–H and O–H groups in total. The van der Waals surface area contributed by atoms with Crippen LogP contribution in [0.15, 0.2) is 33.9 Å². The topological polar surface area (TPSA) is 55.1 Å². The van der Waals surface area contributed by atoms with Crippen LogP contribution in [0.5, 0.6) is 0 Å². The maximum Gasteiger partial charge on any atom is 0.256 e. The highest BCUT2D eigenvalue weighted by Crippen LogP contribution is 2.25. The second-order valence-corrected chi connectivity index (χ2v) is 6.11. The number of rotatable bonds is 4. The summed E-state index contributed by atoms with van der Waals surface area (Å²) in [5.41, 5.74) is 1.52. The lowest BCUT2D eigenvalue weighted by Gasteiger charge is -2.10. The zero-order valence-corrected chi connectivity index (χ0v) is 13.0. The third-order valence-electron chi connectivity index (χ3n) is 2.75. The van der Waals surface area contributed by atoms with E-state index in [9.17, 15) is 4.79 Å². The minimum absolute atomic E-state index is 0.120. The van der Waals surface area contributed by atoms with Gasteiger partial charge in [-0.05, 0) is 39.0 Å². The quantitative estimate of drug-likeness (QED) is 0.865. The summed E-state index contributed by atoms with van der Waals surface area (Å²) < 4.78 is 5.46. The van der Waals surface area contributed by atoms with Crippen molar-refractivity contribution in [2.45, 2.75) is 31.2 Å². The molecule has 0 bridgehead atoms. The van der Waals surface area contributed by atoms with Crippen molar-refractivity contribution < 1.29 is 9.21 Å². The van der Waals surface area contributed by atoms with Crippen LogP contribution in [-0.4, -0.2) is 16.1 Å². The van der Waals surface area contributed by atoms with Crippen molar-refractivity contribution in [1.29, 1.82) is 0 Å². The van der Waals surface area contributed by atoms with Gasteiger partial charge in [-0.2, -0.15) is 0 Å². The number of oxazole rings is 1. The lowest BCUT2D eigenvalue weighted by Crippen LogP contribution is -2.22. The molecule has 2 aromatic rings. The summed E-state index contributed by atoms with van der Waals surface area (Å²) >= 11 is 7.16. The average molecular weight is 311 g/mol. The molecule has 1 heterocycles. The molecule has 0 saturated heterocycles. The molecule has 1 amide bonds. The summed E-state index contributed by atoms with van der Waals surface area (Å²) in [4.78, 5) is 16.3. The van der Waals surface area contributed by atoms with Crippen LogP contribution in [0.2, 0.25) is 5.02 Å². The van der Waals surface area contributed by atoms with E-state index in [-0.39, 0.29) is 11.2 Å². The molecule has 1 unspecified atom stereocenters. The zero-order valence-electron chi connectivity index (χ0n) is 11.4. The van der Waals surface area contributed by atoms with Crippen LogP contribution in [0.3, 0.4) is 0 Å². The highest BCUT2D eigenvalue weighted by molar-refractivity contribution is 8.00. The third-order valence-corrected chi connectivity index (χ3v) is 3.93. The standard InChI is InChI=1S/C14H15ClN2O2S/c1-8-9(2)19-14(16-8)20-10(3)13(18)17-12-6-4-5-11(15)7-12/h4-7,10H,1-3H3,(H,17,18). The fourth-order valence-corrected chi connectivity index (χ4v) is 2.53. The molecule has 0 aliphatic rings. The molecule has 6 heteroatoms. The van der Waals surface area contributed by atoms with Crippen molar-refractivity contribution in [2.75, 3.05) is 5.32 Å². The number of nitrogens with one attached hydrogen (secondary N) is 1. The Labute approximate surface area is 126 Å². The predicted molar refractivity (Wildman–Crippen MR) is 81.4 cm³/mol. The van der Waals surface area contributed by atoms with Gasteiger partial charge in [0.15, 0.2) is 0 Å². The van der Waals surface area contributed by atoms with Gasteiger partial charge in [0.25, 0.3) is 5.22 Å². The van der Waals surface area contributed by atoms with Crippen molar-refractivity contribution in [3.05, 3.63) is 40.7 Å². The fourth-order valence-electron chi connectivity index (χ4n) is 1.51. The Morgan fingerprint density at radius 2 is 2.20 bits per heavy atom. The number of aryl methyl sites for hydroxylation is 2. The average Bonchev–Trinajstić information content (AvgIpc) is 2.68. The summed E-state index contributed by atoms with van der Waals surface area (Å²) in [6.07, 6.45) is 0. The Balaban J connectivity index is 1.98. The molecule has 106 valence electrons. The maximum absolute atomic E-state index is 12.1. The number of anilines is 1. The van der Waals surface area contributed by atoms with Crippen molar-refractivity contribution in [2.24, 2.45) is 0 Å². The number of halogens is 1. The van der Waals surface area contributed by atoms with Crippen LogP contribution in [0.4, 0.5) is 5.69 Å². The second kappa shape index (κ2) is 6.33. The summed E-state index contributed by atoms with van der Waals surface area (Å²) in [6.45, 7) is 5.53. The number of hydrogen-bond donors (Lipinski definition) is 1. The summed E-state index contributed by atoms with van der Waals surface area (Å²) in [5, 5.41) is 3.59. The number of amides is 1. The summed E-state index contributed by atoms with van der Waals surface area (Å²) in [5.74, 6) is 0.653. The highest BCUT2D eigenvalue weighted by atomic mass is 35.5. The number of nitrogens with zero attached hydrogens (tertiary/aromatic N) is 1. The first-order valence-corrected chi connectivity index (χ1v) is 7.38. The first-order valence-electron chi connectivity index (χ1n) is 6.13. The van der Waals surface area contributed by atoms with Crippen molar-refractivity contribution in [3.63, 3.8) is 0 Å². The normalized spacial score (nSPS) is 12.2. The van der Waals surface area contributed by atoms with Crippen LogP contribution in [0, 0.1) is 13.8 Å². The number of carbonyl (C=O) groups excluding carboxylic acids is 1. The van der Waals surface area contributed by atoms with Gasteiger partial charge in [-0.3, -0.25) is 4.79 Å². The van der Waals surface area contributed by atoms with Crippen LogP contribution in [0.1, 0.15) is 18.4 Å². The molecule has 4 nitrogen and oxygen atoms in total. The van der Waals surface area contributed by atoms with Gasteiger partial charge in [0.1, 0.15) is 5.76 Å². The summed E-state index contributed by atoms with van der Waals surface area (Å²) in [6, 6.07) is 7.04. The van der Waals surface area contributed by atoms with E-state index in [1.54, 1.807) is 31.2 Å². The fraction of sp³-hybridized carbons (Fsp3) is 0.286. The largest absolute Gasteiger partial charge is 0.437 e. The second-order valence-electron chi connectivity index (χ2n) is 4.38. The van der Waals surface area contributed by atoms with Crippen molar-refractivity contribution in [3.8, 4) is 0 Å². The number of thioether (sulfide) groups is 1. The number of carbonyl (C=O) groups is 1. The van der Waals surface area contributed by atoms with Gasteiger partial charge in [-0.25, -0.2) is 4.98 Å². The molecule has 1 aromatic carbocycles. The number of benzene rings is 1. The van der Waals surface area contributed by atoms with E-state index >= 15 is 0 Å². The Kier molecular flexibility index (Phi) is 4.73. The van der Waals surface area contributed by atoms with E-state index in [2.05, 4.69) is 10.3 Å². The summed E-state index contributed by atoms with van der Waals surface area (Å²) in [7, 11) is 0. The molecule has 0 aliphatic heterocycles. The van der Waals surface area contributed by atoms with Gasteiger partial charge in [0.2, 0.25) is 5.91 Å². The van der Waals surface area contributed by atoms with E-state index in [0.29, 0.717) is 15.9 Å². The van der Waals surface area contributed by atoms with Gasteiger partial charge in [0, 0.05) is 10.7 Å². The Morgan fingerprint density at radius 3 is 2.80 bits per heavy atom. The zero-order chi connectivity index (χ0) is 14.7. The van der Waals surface area contributed by atoms with Gasteiger partial charge >= 0.3 is 0 Å². The monoisotopic (exact) mass is 310 g/mol. The SMILES string of the molecule is Cc1nc(SC(C)C(=O)Nc2cccc(Cl)c2)oc1C. The maximum atomic E-state index is 12.1. The first kappa shape index (κ1) is 14.9. The van der Waals surface area contributed by atoms with Gasteiger partial charge in [-0.1, -0.05) is 29.4 Å². The first-order chi connectivity index (χ1) is 9.45. The van der Waals surface area contributed by atoms with Crippen LogP contribution in [0.25, 0.3) is 0 Å². The lowest BCUT2D eigenvalue weighted by molar-refractivity contribution is -0.115. The van der Waals surface area contributed by atoms with Crippen LogP contribution < -0.4 is 5.32 Å². The van der Waals surface area contributed by atoms with E-state index in [1.807, 2.05) is 13.8 Å². The Bertz CT molecular complexity index is 608. The van der Waals surface area contributed by atoms with Gasteiger partial charge in [-0.15, -0.1) is 0 Å². The molecule has 0 radical (unpaired) electrons. The molecule has 0 saturated carbocycles. The Hall–Kier alpha value is -1.46. The van der Waals surface area contributed by atoms with E-state index in [4.69, 9.17) is 16.0 Å². The van der Waals surface area contributed by atoms with Gasteiger partial charge in [0.05, 0.1) is 10.9 Å². The highest BCUT2D eigenvalue weighted by Gasteiger charge is 2.18. The number of aromatic nitrogens is 1.